The Hall–Kier alpha value is -3.28. The van der Waals surface area contributed by atoms with E-state index in [4.69, 9.17) is 4.99 Å². The van der Waals surface area contributed by atoms with Gasteiger partial charge in [-0.3, -0.25) is 0 Å². The first-order chi connectivity index (χ1) is 15.0. The first kappa shape index (κ1) is 22.4. The molecule has 31 heavy (non-hydrogen) atoms. The zero-order chi connectivity index (χ0) is 22.4. The Balaban J connectivity index is 0.00000132. The molecule has 3 heterocycles. The molecule has 0 amide bonds. The third-order valence-electron chi connectivity index (χ3n) is 5.50. The Morgan fingerprint density at radius 1 is 1.32 bits per heavy atom. The normalized spacial score (nSPS) is 22.9. The smallest absolute Gasteiger partial charge is 0.332 e. The van der Waals surface area contributed by atoms with Gasteiger partial charge in [0.05, 0.1) is 11.7 Å². The topological polar surface area (TPSA) is 77.0 Å². The molecule has 0 aromatic heterocycles. The van der Waals surface area contributed by atoms with Gasteiger partial charge in [-0.05, 0) is 68.7 Å². The van der Waals surface area contributed by atoms with Gasteiger partial charge in [0.25, 0.3) is 0 Å². The number of amidine groups is 1. The Morgan fingerprint density at radius 2 is 2.13 bits per heavy atom. The summed E-state index contributed by atoms with van der Waals surface area (Å²) < 4.78 is 0. The van der Waals surface area contributed by atoms with Crippen molar-refractivity contribution in [3.05, 3.63) is 83.7 Å². The summed E-state index contributed by atoms with van der Waals surface area (Å²) in [6.07, 6.45) is 20.1. The van der Waals surface area contributed by atoms with Crippen LogP contribution in [0.1, 0.15) is 46.5 Å². The van der Waals surface area contributed by atoms with E-state index in [-0.39, 0.29) is 6.04 Å². The summed E-state index contributed by atoms with van der Waals surface area (Å²) in [5, 5.41) is 15.7. The molecule has 0 saturated heterocycles. The second-order valence-corrected chi connectivity index (χ2v) is 7.55. The predicted octanol–water partition coefficient (Wildman–Crippen LogP) is 4.51. The van der Waals surface area contributed by atoms with Crippen LogP contribution in [0, 0.1) is 0 Å². The third kappa shape index (κ3) is 4.90. The average Bonchev–Trinajstić information content (AvgIpc) is 2.80. The first-order valence-corrected chi connectivity index (χ1v) is 11.0. The highest BCUT2D eigenvalue weighted by atomic mass is 16.4. The fraction of sp³-hybridized carbons (Fsp3) is 0.360. The van der Waals surface area contributed by atoms with Crippen molar-refractivity contribution in [1.29, 1.82) is 0 Å². The van der Waals surface area contributed by atoms with Crippen LogP contribution in [-0.4, -0.2) is 33.9 Å². The lowest BCUT2D eigenvalue weighted by molar-refractivity contribution is -0.138. The molecule has 0 bridgehead atoms. The molecule has 2 atom stereocenters. The fourth-order valence-corrected chi connectivity index (χ4v) is 3.97. The van der Waals surface area contributed by atoms with Crippen molar-refractivity contribution in [1.82, 2.24) is 15.5 Å². The zero-order valence-electron chi connectivity index (χ0n) is 18.6. The summed E-state index contributed by atoms with van der Waals surface area (Å²) in [7, 11) is 0. The summed E-state index contributed by atoms with van der Waals surface area (Å²) in [5.74, 6) is -0.0782. The van der Waals surface area contributed by atoms with E-state index in [1.54, 1.807) is 18.4 Å². The Morgan fingerprint density at radius 3 is 2.84 bits per heavy atom. The molecule has 0 radical (unpaired) electrons. The van der Waals surface area contributed by atoms with Crippen molar-refractivity contribution in [3.63, 3.8) is 0 Å². The molecule has 0 fully saturated rings. The molecule has 6 heteroatoms. The number of carboxylic acid groups (broad SMARTS) is 1. The maximum Gasteiger partial charge on any atom is 0.332 e. The predicted molar refractivity (Wildman–Crippen MR) is 126 cm³/mol. The summed E-state index contributed by atoms with van der Waals surface area (Å²) in [6, 6.07) is -0.917. The number of hydrogen-bond acceptors (Lipinski definition) is 5. The van der Waals surface area contributed by atoms with Crippen molar-refractivity contribution in [3.8, 4) is 0 Å². The van der Waals surface area contributed by atoms with Gasteiger partial charge in [0, 0.05) is 23.2 Å². The fourth-order valence-electron chi connectivity index (χ4n) is 3.97. The van der Waals surface area contributed by atoms with Gasteiger partial charge in [0.1, 0.15) is 5.84 Å². The number of fused-ring (bicyclic) bond motifs is 1. The van der Waals surface area contributed by atoms with Crippen molar-refractivity contribution in [2.45, 2.75) is 58.5 Å². The number of hydrogen-bond donors (Lipinski definition) is 3. The van der Waals surface area contributed by atoms with Crippen molar-refractivity contribution < 1.29 is 9.90 Å². The molecule has 0 aromatic rings. The highest BCUT2D eigenvalue weighted by Crippen LogP contribution is 2.32. The van der Waals surface area contributed by atoms with Gasteiger partial charge in [-0.25, -0.2) is 9.79 Å². The summed E-state index contributed by atoms with van der Waals surface area (Å²) in [6.45, 7) is 10.2. The van der Waals surface area contributed by atoms with E-state index in [1.807, 2.05) is 50.1 Å². The van der Waals surface area contributed by atoms with Crippen LogP contribution in [0.25, 0.3) is 0 Å². The third-order valence-corrected chi connectivity index (χ3v) is 5.50. The van der Waals surface area contributed by atoms with E-state index in [0.717, 1.165) is 35.6 Å². The molecular weight excluding hydrogens is 388 g/mol. The van der Waals surface area contributed by atoms with Gasteiger partial charge in [-0.2, -0.15) is 0 Å². The van der Waals surface area contributed by atoms with Crippen LogP contribution < -0.4 is 10.6 Å². The van der Waals surface area contributed by atoms with E-state index >= 15 is 0 Å². The van der Waals surface area contributed by atoms with Crippen molar-refractivity contribution >= 4 is 11.8 Å². The lowest BCUT2D eigenvalue weighted by Crippen LogP contribution is -2.46. The maximum atomic E-state index is 11.6. The molecule has 3 aliphatic heterocycles. The molecule has 0 saturated carbocycles. The molecule has 2 unspecified atom stereocenters. The molecule has 4 rings (SSSR count). The largest absolute Gasteiger partial charge is 0.479 e. The SMILES string of the molecule is C=C1C=C(C2=CCCCC2)N=C2C(C(C)NC3=CC=CNC3C(=O)O)=CC=CN12.CC. The van der Waals surface area contributed by atoms with Crippen LogP contribution in [0.4, 0.5) is 0 Å². The second-order valence-electron chi connectivity index (χ2n) is 7.55. The summed E-state index contributed by atoms with van der Waals surface area (Å²) in [5.41, 5.74) is 4.77. The van der Waals surface area contributed by atoms with E-state index in [1.165, 1.54) is 18.4 Å². The number of aliphatic carboxylic acids is 1. The maximum absolute atomic E-state index is 11.6. The number of nitrogens with zero attached hydrogens (tertiary/aromatic N) is 2. The number of carbonyl (C=O) groups is 1. The van der Waals surface area contributed by atoms with E-state index in [9.17, 15) is 9.90 Å². The minimum atomic E-state index is -0.919. The van der Waals surface area contributed by atoms with Crippen LogP contribution in [0.3, 0.4) is 0 Å². The molecule has 3 N–H and O–H groups in total. The average molecular weight is 421 g/mol. The molecule has 6 nitrogen and oxygen atoms in total. The Kier molecular flexibility index (Phi) is 7.34. The number of nitrogens with one attached hydrogen (secondary N) is 2. The van der Waals surface area contributed by atoms with Crippen LogP contribution in [0.5, 0.6) is 0 Å². The number of dihydropyridines is 1. The standard InChI is InChI=1S/C23H26N4O2.C2H6/c1-15-14-20(17-8-4-3-5-9-17)26-22-18(10-7-13-27(15)22)16(2)25-19-11-6-12-24-21(19)23(28)29;1-2/h6-8,10-14,16,21,24-25H,1,3-5,9H2,2H3,(H,28,29);1-2H3. The number of rotatable bonds is 5. The molecule has 1 aliphatic carbocycles. The van der Waals surface area contributed by atoms with Crippen LogP contribution >= 0.6 is 0 Å². The Bertz CT molecular complexity index is 947. The number of allylic oxidation sites excluding steroid dienone is 7. The first-order valence-electron chi connectivity index (χ1n) is 11.0. The summed E-state index contributed by atoms with van der Waals surface area (Å²) >= 11 is 0. The van der Waals surface area contributed by atoms with Crippen molar-refractivity contribution in [2.75, 3.05) is 0 Å². The summed E-state index contributed by atoms with van der Waals surface area (Å²) in [4.78, 5) is 18.5. The van der Waals surface area contributed by atoms with Crippen LogP contribution in [0.15, 0.2) is 88.7 Å². The van der Waals surface area contributed by atoms with Crippen molar-refractivity contribution in [2.24, 2.45) is 4.99 Å². The lowest BCUT2D eigenvalue weighted by Gasteiger charge is -2.34. The zero-order valence-corrected chi connectivity index (χ0v) is 18.6. The second kappa shape index (κ2) is 10.2. The quantitative estimate of drug-likeness (QED) is 0.610. The van der Waals surface area contributed by atoms with Gasteiger partial charge < -0.3 is 20.6 Å². The van der Waals surface area contributed by atoms with Crippen LogP contribution in [-0.2, 0) is 4.79 Å². The van der Waals surface area contributed by atoms with Gasteiger partial charge in [-0.15, -0.1) is 0 Å². The minimum Gasteiger partial charge on any atom is -0.479 e. The van der Waals surface area contributed by atoms with E-state index in [2.05, 4.69) is 23.3 Å². The van der Waals surface area contributed by atoms with Gasteiger partial charge >= 0.3 is 5.97 Å². The number of aliphatic imine (C=N–C) groups is 1. The molecule has 164 valence electrons. The van der Waals surface area contributed by atoms with Gasteiger partial charge in [-0.1, -0.05) is 32.6 Å². The monoisotopic (exact) mass is 420 g/mol. The van der Waals surface area contributed by atoms with Gasteiger partial charge in [0.2, 0.25) is 0 Å². The lowest BCUT2D eigenvalue weighted by atomic mass is 9.95. The molecular formula is C25H32N4O2. The van der Waals surface area contributed by atoms with Gasteiger partial charge in [0.15, 0.2) is 6.04 Å². The molecule has 0 aromatic carbocycles. The molecule has 4 aliphatic rings. The Labute approximate surface area is 184 Å². The highest BCUT2D eigenvalue weighted by molar-refractivity contribution is 6.04. The highest BCUT2D eigenvalue weighted by Gasteiger charge is 2.29. The minimum absolute atomic E-state index is 0.130. The number of carboxylic acids is 1. The van der Waals surface area contributed by atoms with Crippen LogP contribution in [0.2, 0.25) is 0 Å². The van der Waals surface area contributed by atoms with E-state index in [0.29, 0.717) is 5.70 Å². The molecule has 0 spiro atoms. The van der Waals surface area contributed by atoms with E-state index < -0.39 is 12.0 Å².